The molecule has 2 aromatic carbocycles. The maximum Gasteiger partial charge on any atom is 0.321 e. The monoisotopic (exact) mass is 542 g/mol. The summed E-state index contributed by atoms with van der Waals surface area (Å²) in [5.74, 6) is -1.23. The van der Waals surface area contributed by atoms with Crippen molar-refractivity contribution in [2.45, 2.75) is 71.8 Å². The van der Waals surface area contributed by atoms with E-state index in [4.69, 9.17) is 14.2 Å². The maximum absolute atomic E-state index is 12.4. The van der Waals surface area contributed by atoms with Crippen molar-refractivity contribution in [3.05, 3.63) is 65.7 Å². The Bertz CT molecular complexity index is 1060. The molecule has 2 rings (SSSR count). The number of carbonyl (C=O) groups excluding carboxylic acids is 2. The zero-order chi connectivity index (χ0) is 29.1. The Hall–Kier alpha value is -3.43. The third kappa shape index (κ3) is 13.8. The van der Waals surface area contributed by atoms with Gasteiger partial charge < -0.3 is 19.3 Å². The highest BCUT2D eigenvalue weighted by Gasteiger charge is 2.22. The minimum absolute atomic E-state index is 0.140. The lowest BCUT2D eigenvalue weighted by Gasteiger charge is -2.25. The lowest BCUT2D eigenvalue weighted by molar-refractivity contribution is -0.157. The molecule has 0 aliphatic carbocycles. The first-order valence-corrected chi connectivity index (χ1v) is 13.1. The molecule has 0 saturated heterocycles. The summed E-state index contributed by atoms with van der Waals surface area (Å²) in [6.07, 6.45) is 0.194. The molecule has 0 amide bonds. The first-order valence-electron chi connectivity index (χ1n) is 13.1. The number of carbonyl (C=O) groups is 3. The van der Waals surface area contributed by atoms with Crippen LogP contribution in [0.1, 0.15) is 52.7 Å². The predicted octanol–water partition coefficient (Wildman–Crippen LogP) is 3.84. The van der Waals surface area contributed by atoms with Gasteiger partial charge in [0, 0.05) is 13.1 Å². The van der Waals surface area contributed by atoms with E-state index in [9.17, 15) is 19.5 Å². The Balaban J connectivity index is 1.90. The molecule has 2 aromatic rings. The molecule has 0 heterocycles. The second-order valence-electron chi connectivity index (χ2n) is 11.3. The fourth-order valence-electron chi connectivity index (χ4n) is 3.69. The molecule has 0 bridgehead atoms. The van der Waals surface area contributed by atoms with Crippen molar-refractivity contribution in [3.8, 4) is 5.75 Å². The van der Waals surface area contributed by atoms with Gasteiger partial charge in [0.2, 0.25) is 0 Å². The Morgan fingerprint density at radius 3 is 2.00 bits per heavy atom. The Labute approximate surface area is 231 Å². The number of carboxylic acids is 1. The number of carboxylic acid groups (broad SMARTS) is 1. The van der Waals surface area contributed by atoms with Crippen LogP contribution in [-0.4, -0.2) is 71.4 Å². The average molecular weight is 543 g/mol. The predicted molar refractivity (Wildman–Crippen MR) is 148 cm³/mol. The van der Waals surface area contributed by atoms with E-state index in [0.717, 1.165) is 11.1 Å². The van der Waals surface area contributed by atoms with E-state index in [2.05, 4.69) is 5.32 Å². The minimum Gasteiger partial charge on any atom is -0.492 e. The van der Waals surface area contributed by atoms with Crippen LogP contribution in [0.2, 0.25) is 0 Å². The van der Waals surface area contributed by atoms with E-state index in [0.29, 0.717) is 25.4 Å². The van der Waals surface area contributed by atoms with Crippen LogP contribution >= 0.6 is 0 Å². The van der Waals surface area contributed by atoms with Gasteiger partial charge >= 0.3 is 17.9 Å². The summed E-state index contributed by atoms with van der Waals surface area (Å²) in [6.45, 7) is 12.2. The number of ether oxygens (including phenoxy) is 3. The summed E-state index contributed by atoms with van der Waals surface area (Å²) in [5.41, 5.74) is 0.668. The van der Waals surface area contributed by atoms with Gasteiger partial charge in [0.05, 0.1) is 13.1 Å². The Morgan fingerprint density at radius 2 is 1.44 bits per heavy atom. The zero-order valence-corrected chi connectivity index (χ0v) is 23.9. The summed E-state index contributed by atoms with van der Waals surface area (Å²) in [7, 11) is 0. The number of nitrogens with zero attached hydrogens (tertiary/aromatic N) is 1. The van der Waals surface area contributed by atoms with Gasteiger partial charge in [0.25, 0.3) is 0 Å². The highest BCUT2D eigenvalue weighted by Crippen LogP contribution is 2.15. The number of benzene rings is 2. The molecular weight excluding hydrogens is 500 g/mol. The maximum atomic E-state index is 12.4. The van der Waals surface area contributed by atoms with Crippen molar-refractivity contribution in [3.63, 3.8) is 0 Å². The molecular formula is C30H42N2O7. The molecule has 39 heavy (non-hydrogen) atoms. The topological polar surface area (TPSA) is 114 Å². The van der Waals surface area contributed by atoms with E-state index in [1.807, 2.05) is 56.0 Å². The second-order valence-corrected chi connectivity index (χ2v) is 11.3. The van der Waals surface area contributed by atoms with Crippen LogP contribution in [0.15, 0.2) is 54.6 Å². The van der Waals surface area contributed by atoms with Crippen molar-refractivity contribution < 1.29 is 33.7 Å². The molecule has 0 spiro atoms. The summed E-state index contributed by atoms with van der Waals surface area (Å²) in [5, 5.41) is 12.3. The van der Waals surface area contributed by atoms with Crippen molar-refractivity contribution in [1.82, 2.24) is 10.2 Å². The molecule has 1 atom stereocenters. The van der Waals surface area contributed by atoms with Gasteiger partial charge in [-0.1, -0.05) is 42.5 Å². The van der Waals surface area contributed by atoms with Gasteiger partial charge in [-0.25, -0.2) is 0 Å². The minimum atomic E-state index is -1.05. The standard InChI is InChI=1S/C30H42N2O7/c1-29(2,3)38-26(33)19-31-25(28(35)36)18-22-12-14-24(15-13-22)37-17-16-32(20-23-10-8-7-9-11-23)21-27(34)39-30(4,5)6/h7-15,25,31H,16-21H2,1-6H3,(H,35,36). The Kier molecular flexibility index (Phi) is 11.9. The molecule has 9 nitrogen and oxygen atoms in total. The van der Waals surface area contributed by atoms with Crippen LogP contribution in [0.4, 0.5) is 0 Å². The smallest absolute Gasteiger partial charge is 0.321 e. The van der Waals surface area contributed by atoms with Crippen LogP contribution in [0.3, 0.4) is 0 Å². The molecule has 0 aliphatic heterocycles. The highest BCUT2D eigenvalue weighted by molar-refractivity contribution is 5.76. The Morgan fingerprint density at radius 1 is 0.846 bits per heavy atom. The average Bonchev–Trinajstić information content (AvgIpc) is 2.80. The van der Waals surface area contributed by atoms with Gasteiger partial charge in [0.1, 0.15) is 29.6 Å². The number of hydrogen-bond donors (Lipinski definition) is 2. The van der Waals surface area contributed by atoms with Crippen molar-refractivity contribution in [2.75, 3.05) is 26.2 Å². The fraction of sp³-hybridized carbons (Fsp3) is 0.500. The van der Waals surface area contributed by atoms with Gasteiger partial charge in [-0.3, -0.25) is 24.6 Å². The van der Waals surface area contributed by atoms with Crippen LogP contribution < -0.4 is 10.1 Å². The molecule has 0 aromatic heterocycles. The lowest BCUT2D eigenvalue weighted by atomic mass is 10.1. The van der Waals surface area contributed by atoms with E-state index < -0.39 is 29.2 Å². The SMILES string of the molecule is CC(C)(C)OC(=O)CNC(Cc1ccc(OCCN(CC(=O)OC(C)(C)C)Cc2ccccc2)cc1)C(=O)O. The molecule has 214 valence electrons. The normalized spacial score (nSPS) is 12.6. The van der Waals surface area contributed by atoms with Crippen molar-refractivity contribution in [2.24, 2.45) is 0 Å². The quantitative estimate of drug-likeness (QED) is 0.344. The van der Waals surface area contributed by atoms with Gasteiger partial charge in [-0.15, -0.1) is 0 Å². The highest BCUT2D eigenvalue weighted by atomic mass is 16.6. The number of rotatable bonds is 14. The number of aliphatic carboxylic acids is 1. The summed E-state index contributed by atoms with van der Waals surface area (Å²) in [6, 6.07) is 16.1. The van der Waals surface area contributed by atoms with E-state index in [1.54, 1.807) is 45.0 Å². The number of hydrogen-bond acceptors (Lipinski definition) is 8. The van der Waals surface area contributed by atoms with Gasteiger partial charge in [-0.2, -0.15) is 0 Å². The van der Waals surface area contributed by atoms with E-state index >= 15 is 0 Å². The summed E-state index contributed by atoms with van der Waals surface area (Å²) >= 11 is 0. The fourth-order valence-corrected chi connectivity index (χ4v) is 3.69. The van der Waals surface area contributed by atoms with Crippen LogP contribution in [-0.2, 0) is 36.8 Å². The number of esters is 2. The summed E-state index contributed by atoms with van der Waals surface area (Å²) in [4.78, 5) is 38.0. The van der Waals surface area contributed by atoms with Crippen molar-refractivity contribution in [1.29, 1.82) is 0 Å². The van der Waals surface area contributed by atoms with E-state index in [-0.39, 0.29) is 25.5 Å². The third-order valence-electron chi connectivity index (χ3n) is 5.27. The zero-order valence-electron chi connectivity index (χ0n) is 23.9. The van der Waals surface area contributed by atoms with E-state index in [1.165, 1.54) is 0 Å². The van der Waals surface area contributed by atoms with Crippen molar-refractivity contribution >= 4 is 17.9 Å². The van der Waals surface area contributed by atoms with Gasteiger partial charge in [0.15, 0.2) is 0 Å². The van der Waals surface area contributed by atoms with Gasteiger partial charge in [-0.05, 0) is 71.2 Å². The number of nitrogens with one attached hydrogen (secondary N) is 1. The first-order chi connectivity index (χ1) is 18.2. The molecule has 2 N–H and O–H groups in total. The largest absolute Gasteiger partial charge is 0.492 e. The molecule has 1 unspecified atom stereocenters. The molecule has 0 saturated carbocycles. The third-order valence-corrected chi connectivity index (χ3v) is 5.27. The van der Waals surface area contributed by atoms with Crippen LogP contribution in [0.5, 0.6) is 5.75 Å². The molecule has 9 heteroatoms. The second kappa shape index (κ2) is 14.6. The summed E-state index contributed by atoms with van der Waals surface area (Å²) < 4.78 is 16.6. The molecule has 0 aliphatic rings. The van der Waals surface area contributed by atoms with Crippen LogP contribution in [0, 0.1) is 0 Å². The lowest BCUT2D eigenvalue weighted by Crippen LogP contribution is -2.42. The first kappa shape index (κ1) is 31.8. The van der Waals surface area contributed by atoms with Crippen LogP contribution in [0.25, 0.3) is 0 Å². The molecule has 0 radical (unpaired) electrons. The molecule has 0 fully saturated rings.